The molecule has 0 radical (unpaired) electrons. The number of unbranched alkanes of at least 4 members (excludes halogenated alkanes) is 2. The van der Waals surface area contributed by atoms with Crippen molar-refractivity contribution >= 4 is 19.5 Å². The third-order valence-electron chi connectivity index (χ3n) is 7.70. The first kappa shape index (κ1) is 37.1. The Hall–Kier alpha value is -1.98. The summed E-state index contributed by atoms with van der Waals surface area (Å²) in [6.07, 6.45) is 6.63. The maximum absolute atomic E-state index is 11.7. The van der Waals surface area contributed by atoms with Crippen LogP contribution in [-0.4, -0.2) is 86.8 Å². The van der Waals surface area contributed by atoms with Crippen molar-refractivity contribution < 1.29 is 33.5 Å². The number of ether oxygens (including phenoxy) is 2. The summed E-state index contributed by atoms with van der Waals surface area (Å²) in [5, 5.41) is 12.3. The molecular formula is C31H55BN2O7. The summed E-state index contributed by atoms with van der Waals surface area (Å²) in [5.41, 5.74) is 2.20. The first-order valence-electron chi connectivity index (χ1n) is 15.0. The quantitative estimate of drug-likeness (QED) is 0.202. The average Bonchev–Trinajstić information content (AvgIpc) is 3.15. The van der Waals surface area contributed by atoms with E-state index in [1.807, 2.05) is 19.1 Å². The van der Waals surface area contributed by atoms with Gasteiger partial charge in [0.05, 0.1) is 30.5 Å². The smallest absolute Gasteiger partial charge is 0.450 e. The topological polar surface area (TPSA) is 107 Å². The van der Waals surface area contributed by atoms with E-state index in [-0.39, 0.29) is 31.0 Å². The van der Waals surface area contributed by atoms with Crippen LogP contribution in [0.2, 0.25) is 6.32 Å². The molecule has 10 heteroatoms. The predicted molar refractivity (Wildman–Crippen MR) is 164 cm³/mol. The van der Waals surface area contributed by atoms with Gasteiger partial charge in [0.1, 0.15) is 6.29 Å². The summed E-state index contributed by atoms with van der Waals surface area (Å²) in [6.45, 7) is 14.4. The Balaban J connectivity index is 0.000000439. The van der Waals surface area contributed by atoms with Crippen LogP contribution in [0.15, 0.2) is 24.3 Å². The molecule has 3 rings (SSSR count). The molecule has 1 fully saturated rings. The third-order valence-corrected chi connectivity index (χ3v) is 7.70. The number of carbonyl (C=O) groups is 2. The number of carbonyl (C=O) groups excluding carboxylic acids is 2. The summed E-state index contributed by atoms with van der Waals surface area (Å²) < 4.78 is 21.0. The Morgan fingerprint density at radius 3 is 2.24 bits per heavy atom. The minimum absolute atomic E-state index is 0.00458. The number of hydrogen-bond acceptors (Lipinski definition) is 8. The van der Waals surface area contributed by atoms with E-state index in [0.717, 1.165) is 38.4 Å². The molecule has 2 heterocycles. The van der Waals surface area contributed by atoms with Crippen LogP contribution in [0.3, 0.4) is 0 Å². The first-order chi connectivity index (χ1) is 19.5. The molecule has 234 valence electrons. The SMILES string of the molecule is CCCCB1OC(C)(C)C(C)(C)O1.CCCCOC(=O)N[C@@H](C=O)CCN1Cc2ccccc2C[C@H]1CO.COC. The lowest BCUT2D eigenvalue weighted by Gasteiger charge is -2.36. The lowest BCUT2D eigenvalue weighted by molar-refractivity contribution is -0.109. The summed E-state index contributed by atoms with van der Waals surface area (Å²) in [7, 11) is 3.25. The summed E-state index contributed by atoms with van der Waals surface area (Å²) in [5.74, 6) is 0. The molecule has 0 saturated carbocycles. The van der Waals surface area contributed by atoms with Gasteiger partial charge < -0.3 is 34.0 Å². The zero-order chi connectivity index (χ0) is 30.9. The molecule has 0 unspecified atom stereocenters. The van der Waals surface area contributed by atoms with Crippen molar-refractivity contribution in [2.75, 3.05) is 34.0 Å². The molecule has 0 bridgehead atoms. The Kier molecular flexibility index (Phi) is 17.4. The van der Waals surface area contributed by atoms with Crippen molar-refractivity contribution in [1.82, 2.24) is 10.2 Å². The van der Waals surface area contributed by atoms with Gasteiger partial charge in [-0.3, -0.25) is 4.90 Å². The molecule has 0 aromatic heterocycles. The van der Waals surface area contributed by atoms with Gasteiger partial charge in [-0.1, -0.05) is 57.4 Å². The van der Waals surface area contributed by atoms with Gasteiger partial charge >= 0.3 is 13.2 Å². The van der Waals surface area contributed by atoms with Gasteiger partial charge in [0.25, 0.3) is 0 Å². The molecule has 2 aliphatic heterocycles. The second-order valence-electron chi connectivity index (χ2n) is 11.7. The standard InChI is InChI=1S/C19H28N2O4.C10H21BO2.C2H6O/c1-2-3-10-25-19(24)20-17(13-22)8-9-21-12-16-7-5-4-6-15(16)11-18(21)14-23;1-6-7-8-11-12-9(2,3)10(4,5)13-11;1-3-2/h4-7,13,17-18,23H,2-3,8-12,14H2,1H3,(H,20,24);6-8H2,1-5H3;1-2H3/t17-,18+;;/m1../s1. The normalized spacial score (nSPS) is 19.5. The molecule has 0 spiro atoms. The monoisotopic (exact) mass is 578 g/mol. The highest BCUT2D eigenvalue weighted by Gasteiger charge is 2.50. The third kappa shape index (κ3) is 12.8. The Morgan fingerprint density at radius 1 is 1.12 bits per heavy atom. The number of amides is 1. The molecule has 0 aliphatic carbocycles. The van der Waals surface area contributed by atoms with Crippen molar-refractivity contribution in [3.05, 3.63) is 35.4 Å². The van der Waals surface area contributed by atoms with Gasteiger partial charge in [-0.25, -0.2) is 4.79 Å². The van der Waals surface area contributed by atoms with E-state index < -0.39 is 12.1 Å². The van der Waals surface area contributed by atoms with Crippen LogP contribution in [-0.2, 0) is 36.5 Å². The maximum Gasteiger partial charge on any atom is 0.457 e. The van der Waals surface area contributed by atoms with E-state index in [2.05, 4.69) is 61.7 Å². The number of hydrogen-bond donors (Lipinski definition) is 2. The molecule has 1 aromatic carbocycles. The predicted octanol–water partition coefficient (Wildman–Crippen LogP) is 5.03. The fraction of sp³-hybridized carbons (Fsp3) is 0.742. The second-order valence-corrected chi connectivity index (χ2v) is 11.7. The number of alkyl carbamates (subject to hydrolysis) is 1. The van der Waals surface area contributed by atoms with Crippen LogP contribution in [0, 0.1) is 0 Å². The zero-order valence-corrected chi connectivity index (χ0v) is 26.7. The molecular weight excluding hydrogens is 523 g/mol. The lowest BCUT2D eigenvalue weighted by Crippen LogP contribution is -2.45. The molecule has 1 amide bonds. The number of aliphatic hydroxyl groups excluding tert-OH is 1. The second kappa shape index (κ2) is 19.3. The number of nitrogens with zero attached hydrogens (tertiary/aromatic N) is 1. The molecule has 2 aliphatic rings. The fourth-order valence-corrected chi connectivity index (χ4v) is 4.52. The maximum atomic E-state index is 11.7. The van der Waals surface area contributed by atoms with E-state index in [1.54, 1.807) is 14.2 Å². The highest BCUT2D eigenvalue weighted by atomic mass is 16.7. The first-order valence-corrected chi connectivity index (χ1v) is 15.0. The number of aliphatic hydroxyl groups is 1. The fourth-order valence-electron chi connectivity index (χ4n) is 4.52. The van der Waals surface area contributed by atoms with Crippen molar-refractivity contribution in [2.24, 2.45) is 0 Å². The van der Waals surface area contributed by atoms with E-state index in [1.165, 1.54) is 24.0 Å². The van der Waals surface area contributed by atoms with E-state index >= 15 is 0 Å². The number of aldehydes is 1. The van der Waals surface area contributed by atoms with Gasteiger partial charge in [0.2, 0.25) is 0 Å². The molecule has 41 heavy (non-hydrogen) atoms. The van der Waals surface area contributed by atoms with Crippen molar-refractivity contribution in [2.45, 2.75) is 116 Å². The van der Waals surface area contributed by atoms with Crippen molar-refractivity contribution in [3.8, 4) is 0 Å². The number of fused-ring (bicyclic) bond motifs is 1. The van der Waals surface area contributed by atoms with Crippen LogP contribution in [0.4, 0.5) is 4.79 Å². The molecule has 1 saturated heterocycles. The summed E-state index contributed by atoms with van der Waals surface area (Å²) >= 11 is 0. The van der Waals surface area contributed by atoms with Crippen molar-refractivity contribution in [1.29, 1.82) is 0 Å². The van der Waals surface area contributed by atoms with Gasteiger partial charge in [0, 0.05) is 33.4 Å². The van der Waals surface area contributed by atoms with Crippen LogP contribution >= 0.6 is 0 Å². The number of methoxy groups -OCH3 is 1. The van der Waals surface area contributed by atoms with Crippen molar-refractivity contribution in [3.63, 3.8) is 0 Å². The summed E-state index contributed by atoms with van der Waals surface area (Å²) in [4.78, 5) is 25.1. The van der Waals surface area contributed by atoms with Gasteiger partial charge in [-0.15, -0.1) is 0 Å². The minimum atomic E-state index is -0.578. The summed E-state index contributed by atoms with van der Waals surface area (Å²) in [6, 6.07) is 7.68. The van der Waals surface area contributed by atoms with Crippen LogP contribution in [0.25, 0.3) is 0 Å². The molecule has 1 aromatic rings. The highest BCUT2D eigenvalue weighted by Crippen LogP contribution is 2.38. The minimum Gasteiger partial charge on any atom is -0.450 e. The van der Waals surface area contributed by atoms with E-state index in [0.29, 0.717) is 19.6 Å². The largest absolute Gasteiger partial charge is 0.457 e. The van der Waals surface area contributed by atoms with Gasteiger partial charge in [0.15, 0.2) is 0 Å². The molecule has 9 nitrogen and oxygen atoms in total. The molecule has 2 N–H and O–H groups in total. The zero-order valence-electron chi connectivity index (χ0n) is 26.7. The average molecular weight is 579 g/mol. The van der Waals surface area contributed by atoms with Crippen LogP contribution in [0.1, 0.15) is 84.8 Å². The van der Waals surface area contributed by atoms with E-state index in [9.17, 15) is 14.7 Å². The number of benzene rings is 1. The lowest BCUT2D eigenvalue weighted by atomic mass is 9.82. The van der Waals surface area contributed by atoms with E-state index in [4.69, 9.17) is 14.0 Å². The number of rotatable bonds is 12. The Labute approximate surface area is 248 Å². The number of nitrogens with one attached hydrogen (secondary N) is 1. The van der Waals surface area contributed by atoms with Crippen LogP contribution in [0.5, 0.6) is 0 Å². The van der Waals surface area contributed by atoms with Gasteiger partial charge in [-0.2, -0.15) is 0 Å². The van der Waals surface area contributed by atoms with Gasteiger partial charge in [-0.05, 0) is 64.4 Å². The molecule has 2 atom stereocenters. The Morgan fingerprint density at radius 2 is 1.71 bits per heavy atom. The highest BCUT2D eigenvalue weighted by molar-refractivity contribution is 6.45. The Bertz CT molecular complexity index is 868. The van der Waals surface area contributed by atoms with Crippen LogP contribution < -0.4 is 5.32 Å².